The maximum atomic E-state index is 12.0. The summed E-state index contributed by atoms with van der Waals surface area (Å²) in [5.41, 5.74) is 5.89. The molecule has 0 aromatic carbocycles. The number of amides is 1. The zero-order valence-corrected chi connectivity index (χ0v) is 10.6. The van der Waals surface area contributed by atoms with Gasteiger partial charge in [-0.2, -0.15) is 0 Å². The molecule has 0 bridgehead atoms. The van der Waals surface area contributed by atoms with E-state index in [1.807, 2.05) is 18.7 Å². The Morgan fingerprint density at radius 3 is 2.50 bits per heavy atom. The molecule has 0 unspecified atom stereocenters. The third-order valence-corrected chi connectivity index (χ3v) is 2.92. The molecule has 94 valence electrons. The molecule has 0 aromatic rings. The SMILES string of the molecule is CCCC[C@H](N)C(=O)N1C[C@@H](C)O[C@@H](C)C1. The number of nitrogens with zero attached hydrogens (tertiary/aromatic N) is 1. The molecule has 0 radical (unpaired) electrons. The van der Waals surface area contributed by atoms with Gasteiger partial charge < -0.3 is 15.4 Å². The van der Waals surface area contributed by atoms with Crippen LogP contribution < -0.4 is 5.73 Å². The molecule has 16 heavy (non-hydrogen) atoms. The van der Waals surface area contributed by atoms with Crippen LogP contribution in [0.4, 0.5) is 0 Å². The molecule has 3 atom stereocenters. The fourth-order valence-electron chi connectivity index (χ4n) is 2.14. The van der Waals surface area contributed by atoms with E-state index < -0.39 is 0 Å². The topological polar surface area (TPSA) is 55.6 Å². The number of hydrogen-bond donors (Lipinski definition) is 1. The van der Waals surface area contributed by atoms with Gasteiger partial charge in [-0.1, -0.05) is 19.8 Å². The van der Waals surface area contributed by atoms with Crippen molar-refractivity contribution >= 4 is 5.91 Å². The Bertz CT molecular complexity index is 223. The second-order valence-electron chi connectivity index (χ2n) is 4.75. The minimum Gasteiger partial charge on any atom is -0.372 e. The second-order valence-corrected chi connectivity index (χ2v) is 4.75. The van der Waals surface area contributed by atoms with E-state index in [0.29, 0.717) is 13.1 Å². The summed E-state index contributed by atoms with van der Waals surface area (Å²) >= 11 is 0. The van der Waals surface area contributed by atoms with Gasteiger partial charge >= 0.3 is 0 Å². The van der Waals surface area contributed by atoms with Gasteiger partial charge in [-0.3, -0.25) is 4.79 Å². The first kappa shape index (κ1) is 13.5. The van der Waals surface area contributed by atoms with Crippen molar-refractivity contribution in [1.82, 2.24) is 4.90 Å². The Morgan fingerprint density at radius 1 is 1.44 bits per heavy atom. The van der Waals surface area contributed by atoms with E-state index in [9.17, 15) is 4.79 Å². The standard InChI is InChI=1S/C12H24N2O2/c1-4-5-6-11(13)12(15)14-7-9(2)16-10(3)8-14/h9-11H,4-8,13H2,1-3H3/t9-,10+,11-/m0/s1. The van der Waals surface area contributed by atoms with E-state index in [2.05, 4.69) is 6.92 Å². The molecule has 0 aliphatic carbocycles. The number of ether oxygens (including phenoxy) is 1. The summed E-state index contributed by atoms with van der Waals surface area (Å²) < 4.78 is 5.59. The van der Waals surface area contributed by atoms with Crippen molar-refractivity contribution in [2.75, 3.05) is 13.1 Å². The van der Waals surface area contributed by atoms with Gasteiger partial charge in [0.1, 0.15) is 0 Å². The predicted octanol–water partition coefficient (Wildman–Crippen LogP) is 1.14. The third kappa shape index (κ3) is 3.76. The lowest BCUT2D eigenvalue weighted by Crippen LogP contribution is -2.53. The number of carbonyl (C=O) groups excluding carboxylic acids is 1. The molecule has 4 heteroatoms. The van der Waals surface area contributed by atoms with Crippen LogP contribution >= 0.6 is 0 Å². The predicted molar refractivity (Wildman–Crippen MR) is 64.1 cm³/mol. The molecular formula is C12H24N2O2. The molecule has 0 spiro atoms. The summed E-state index contributed by atoms with van der Waals surface area (Å²) in [5.74, 6) is 0.0791. The second kappa shape index (κ2) is 6.21. The summed E-state index contributed by atoms with van der Waals surface area (Å²) in [6.07, 6.45) is 3.12. The van der Waals surface area contributed by atoms with Crippen LogP contribution in [-0.2, 0) is 9.53 Å². The summed E-state index contributed by atoms with van der Waals surface area (Å²) in [6, 6.07) is -0.336. The highest BCUT2D eigenvalue weighted by molar-refractivity contribution is 5.81. The van der Waals surface area contributed by atoms with Crippen molar-refractivity contribution in [3.63, 3.8) is 0 Å². The number of hydrogen-bond acceptors (Lipinski definition) is 3. The molecule has 4 nitrogen and oxygen atoms in total. The van der Waals surface area contributed by atoms with Crippen molar-refractivity contribution in [2.24, 2.45) is 5.73 Å². The van der Waals surface area contributed by atoms with Gasteiger partial charge in [-0.05, 0) is 20.3 Å². The lowest BCUT2D eigenvalue weighted by atomic mass is 10.1. The molecule has 1 rings (SSSR count). The first-order chi connectivity index (χ1) is 7.54. The van der Waals surface area contributed by atoms with Gasteiger partial charge in [0.2, 0.25) is 5.91 Å². The minimum atomic E-state index is -0.336. The van der Waals surface area contributed by atoms with Crippen molar-refractivity contribution in [3.8, 4) is 0 Å². The van der Waals surface area contributed by atoms with E-state index in [1.165, 1.54) is 0 Å². The quantitative estimate of drug-likeness (QED) is 0.785. The highest BCUT2D eigenvalue weighted by atomic mass is 16.5. The average molecular weight is 228 g/mol. The largest absolute Gasteiger partial charge is 0.372 e. The monoisotopic (exact) mass is 228 g/mol. The Labute approximate surface area is 98.1 Å². The maximum absolute atomic E-state index is 12.0. The summed E-state index contributed by atoms with van der Waals surface area (Å²) in [6.45, 7) is 7.43. The molecule has 1 fully saturated rings. The van der Waals surface area contributed by atoms with Gasteiger partial charge in [0.25, 0.3) is 0 Å². The summed E-state index contributed by atoms with van der Waals surface area (Å²) in [4.78, 5) is 13.9. The van der Waals surface area contributed by atoms with Crippen LogP contribution in [-0.4, -0.2) is 42.1 Å². The molecule has 1 aliphatic heterocycles. The molecule has 0 saturated carbocycles. The molecule has 1 saturated heterocycles. The van der Waals surface area contributed by atoms with Crippen molar-refractivity contribution in [2.45, 2.75) is 58.3 Å². The van der Waals surface area contributed by atoms with Crippen LogP contribution in [0.1, 0.15) is 40.0 Å². The van der Waals surface area contributed by atoms with Crippen molar-refractivity contribution < 1.29 is 9.53 Å². The van der Waals surface area contributed by atoms with Crippen molar-refractivity contribution in [3.05, 3.63) is 0 Å². The van der Waals surface area contributed by atoms with Crippen LogP contribution in [0.3, 0.4) is 0 Å². The van der Waals surface area contributed by atoms with Crippen LogP contribution in [0, 0.1) is 0 Å². The van der Waals surface area contributed by atoms with Crippen LogP contribution in [0.25, 0.3) is 0 Å². The van der Waals surface area contributed by atoms with E-state index in [1.54, 1.807) is 0 Å². The van der Waals surface area contributed by atoms with E-state index in [0.717, 1.165) is 19.3 Å². The molecule has 2 N–H and O–H groups in total. The van der Waals surface area contributed by atoms with Crippen LogP contribution in [0.5, 0.6) is 0 Å². The van der Waals surface area contributed by atoms with Gasteiger partial charge in [-0.15, -0.1) is 0 Å². The first-order valence-corrected chi connectivity index (χ1v) is 6.24. The summed E-state index contributed by atoms with van der Waals surface area (Å²) in [5, 5.41) is 0. The highest BCUT2D eigenvalue weighted by Gasteiger charge is 2.28. The van der Waals surface area contributed by atoms with Gasteiger partial charge in [0.15, 0.2) is 0 Å². The molecule has 1 aliphatic rings. The van der Waals surface area contributed by atoms with Crippen molar-refractivity contribution in [1.29, 1.82) is 0 Å². The van der Waals surface area contributed by atoms with E-state index in [4.69, 9.17) is 10.5 Å². The number of rotatable bonds is 4. The smallest absolute Gasteiger partial charge is 0.239 e. The maximum Gasteiger partial charge on any atom is 0.239 e. The Balaban J connectivity index is 2.45. The van der Waals surface area contributed by atoms with E-state index in [-0.39, 0.29) is 24.2 Å². The lowest BCUT2D eigenvalue weighted by molar-refractivity contribution is -0.144. The zero-order chi connectivity index (χ0) is 12.1. The Kier molecular flexibility index (Phi) is 5.22. The first-order valence-electron chi connectivity index (χ1n) is 6.24. The molecule has 0 aromatic heterocycles. The number of nitrogens with two attached hydrogens (primary N) is 1. The fraction of sp³-hybridized carbons (Fsp3) is 0.917. The van der Waals surface area contributed by atoms with Gasteiger partial charge in [0.05, 0.1) is 18.2 Å². The molecule has 1 heterocycles. The average Bonchev–Trinajstić information content (AvgIpc) is 2.23. The minimum absolute atomic E-state index is 0.0791. The normalized spacial score (nSPS) is 27.9. The Morgan fingerprint density at radius 2 is 2.00 bits per heavy atom. The van der Waals surface area contributed by atoms with Gasteiger partial charge in [-0.25, -0.2) is 0 Å². The zero-order valence-electron chi connectivity index (χ0n) is 10.6. The fourth-order valence-corrected chi connectivity index (χ4v) is 2.14. The number of unbranched alkanes of at least 4 members (excludes halogenated alkanes) is 1. The molecular weight excluding hydrogens is 204 g/mol. The summed E-state index contributed by atoms with van der Waals surface area (Å²) in [7, 11) is 0. The van der Waals surface area contributed by atoms with E-state index >= 15 is 0 Å². The third-order valence-electron chi connectivity index (χ3n) is 2.92. The highest BCUT2D eigenvalue weighted by Crippen LogP contribution is 2.12. The number of morpholine rings is 1. The van der Waals surface area contributed by atoms with Crippen LogP contribution in [0.15, 0.2) is 0 Å². The van der Waals surface area contributed by atoms with Crippen LogP contribution in [0.2, 0.25) is 0 Å². The number of carbonyl (C=O) groups is 1. The lowest BCUT2D eigenvalue weighted by Gasteiger charge is -2.36. The Hall–Kier alpha value is -0.610. The molecule has 1 amide bonds. The van der Waals surface area contributed by atoms with Gasteiger partial charge in [0, 0.05) is 13.1 Å².